The van der Waals surface area contributed by atoms with Gasteiger partial charge in [-0.2, -0.15) is 0 Å². The number of sulfone groups is 1. The molecule has 0 saturated heterocycles. The smallest absolute Gasteiger partial charge is 0.335 e. The Kier molecular flexibility index (Phi) is 4.70. The molecule has 1 fully saturated rings. The lowest BCUT2D eigenvalue weighted by atomic mass is 10.2. The zero-order valence-electron chi connectivity index (χ0n) is 11.0. The predicted octanol–water partition coefficient (Wildman–Crippen LogP) is 3.53. The van der Waals surface area contributed by atoms with Crippen molar-refractivity contribution in [2.24, 2.45) is 0 Å². The van der Waals surface area contributed by atoms with Gasteiger partial charge in [-0.25, -0.2) is 13.2 Å². The molecule has 1 aromatic rings. The largest absolute Gasteiger partial charge is 0.478 e. The Labute approximate surface area is 123 Å². The van der Waals surface area contributed by atoms with Gasteiger partial charge in [0, 0.05) is 0 Å². The molecule has 1 aromatic carbocycles. The fraction of sp³-hybridized carbons (Fsp3) is 0.500. The summed E-state index contributed by atoms with van der Waals surface area (Å²) in [7, 11) is -3.57. The molecule has 1 aliphatic carbocycles. The third kappa shape index (κ3) is 3.15. The van der Waals surface area contributed by atoms with Gasteiger partial charge in [0.2, 0.25) is 0 Å². The van der Waals surface area contributed by atoms with Crippen molar-refractivity contribution in [3.63, 3.8) is 0 Å². The average molecular weight is 317 g/mol. The maximum atomic E-state index is 12.7. The van der Waals surface area contributed by atoms with Gasteiger partial charge in [-0.1, -0.05) is 37.3 Å². The number of carbonyl (C=O) groups is 1. The van der Waals surface area contributed by atoms with E-state index >= 15 is 0 Å². The minimum absolute atomic E-state index is 0.0500. The van der Waals surface area contributed by atoms with Gasteiger partial charge in [0.1, 0.15) is 0 Å². The second kappa shape index (κ2) is 6.14. The summed E-state index contributed by atoms with van der Waals surface area (Å²) in [4.78, 5) is 10.9. The lowest BCUT2D eigenvalue weighted by Crippen LogP contribution is -2.21. The van der Waals surface area contributed by atoms with Crippen LogP contribution in [-0.4, -0.2) is 24.7 Å². The topological polar surface area (TPSA) is 71.4 Å². The van der Waals surface area contributed by atoms with Crippen LogP contribution in [0.1, 0.15) is 48.9 Å². The Bertz CT molecular complexity index is 602. The Morgan fingerprint density at radius 2 is 1.75 bits per heavy atom. The summed E-state index contributed by atoms with van der Waals surface area (Å²) in [6.07, 6.45) is 5.12. The molecule has 0 amide bonds. The van der Waals surface area contributed by atoms with Gasteiger partial charge >= 0.3 is 5.97 Å². The van der Waals surface area contributed by atoms with Gasteiger partial charge in [-0.3, -0.25) is 0 Å². The lowest BCUT2D eigenvalue weighted by molar-refractivity contribution is 0.0696. The Morgan fingerprint density at radius 1 is 1.15 bits per heavy atom. The summed E-state index contributed by atoms with van der Waals surface area (Å²) in [6, 6.07) is 3.83. The summed E-state index contributed by atoms with van der Waals surface area (Å²) in [5.74, 6) is -1.15. The number of hydrogen-bond acceptors (Lipinski definition) is 3. The van der Waals surface area contributed by atoms with Crippen LogP contribution in [0.4, 0.5) is 0 Å². The van der Waals surface area contributed by atoms with Crippen molar-refractivity contribution in [2.75, 3.05) is 0 Å². The second-order valence-electron chi connectivity index (χ2n) is 5.11. The van der Waals surface area contributed by atoms with Gasteiger partial charge < -0.3 is 5.11 Å². The minimum Gasteiger partial charge on any atom is -0.478 e. The van der Waals surface area contributed by atoms with Crippen molar-refractivity contribution in [1.82, 2.24) is 0 Å². The van der Waals surface area contributed by atoms with E-state index in [4.69, 9.17) is 16.7 Å². The molecular weight excluding hydrogens is 300 g/mol. The maximum Gasteiger partial charge on any atom is 0.335 e. The van der Waals surface area contributed by atoms with E-state index in [0.717, 1.165) is 25.7 Å². The zero-order chi connectivity index (χ0) is 14.8. The molecule has 2 rings (SSSR count). The number of rotatable bonds is 3. The number of hydrogen-bond donors (Lipinski definition) is 1. The lowest BCUT2D eigenvalue weighted by Gasteiger charge is -2.16. The van der Waals surface area contributed by atoms with Crippen LogP contribution in [0.5, 0.6) is 0 Å². The van der Waals surface area contributed by atoms with E-state index in [0.29, 0.717) is 12.8 Å². The highest BCUT2D eigenvalue weighted by atomic mass is 35.5. The molecule has 20 heavy (non-hydrogen) atoms. The molecule has 110 valence electrons. The van der Waals surface area contributed by atoms with Crippen molar-refractivity contribution < 1.29 is 18.3 Å². The SMILES string of the molecule is O=C(O)c1ccc(Cl)c(S(=O)(=O)C2CCCCCC2)c1. The first-order valence-electron chi connectivity index (χ1n) is 6.69. The molecule has 0 atom stereocenters. The van der Waals surface area contributed by atoms with Crippen molar-refractivity contribution in [1.29, 1.82) is 0 Å². The molecule has 1 aliphatic rings. The van der Waals surface area contributed by atoms with E-state index in [1.54, 1.807) is 0 Å². The molecular formula is C14H17ClO4S. The Balaban J connectivity index is 2.42. The zero-order valence-corrected chi connectivity index (χ0v) is 12.6. The number of halogens is 1. The summed E-state index contributed by atoms with van der Waals surface area (Å²) < 4.78 is 25.3. The summed E-state index contributed by atoms with van der Waals surface area (Å²) >= 11 is 5.97. The third-order valence-electron chi connectivity index (χ3n) is 3.73. The first-order chi connectivity index (χ1) is 9.43. The van der Waals surface area contributed by atoms with Crippen LogP contribution in [-0.2, 0) is 9.84 Å². The van der Waals surface area contributed by atoms with Gasteiger partial charge in [0.15, 0.2) is 9.84 Å². The highest BCUT2D eigenvalue weighted by Crippen LogP contribution is 2.32. The second-order valence-corrected chi connectivity index (χ2v) is 7.71. The highest BCUT2D eigenvalue weighted by molar-refractivity contribution is 7.92. The van der Waals surface area contributed by atoms with E-state index in [1.165, 1.54) is 18.2 Å². The molecule has 6 heteroatoms. The molecule has 0 unspecified atom stereocenters. The predicted molar refractivity (Wildman–Crippen MR) is 77.1 cm³/mol. The quantitative estimate of drug-likeness (QED) is 0.866. The molecule has 0 radical (unpaired) electrons. The molecule has 4 nitrogen and oxygen atoms in total. The van der Waals surface area contributed by atoms with Crippen LogP contribution in [0, 0.1) is 0 Å². The van der Waals surface area contributed by atoms with Crippen molar-refractivity contribution in [3.05, 3.63) is 28.8 Å². The molecule has 1 N–H and O–H groups in total. The molecule has 1 saturated carbocycles. The molecule has 0 heterocycles. The molecule has 0 aliphatic heterocycles. The molecule has 0 bridgehead atoms. The number of benzene rings is 1. The highest BCUT2D eigenvalue weighted by Gasteiger charge is 2.30. The maximum absolute atomic E-state index is 12.7. The van der Waals surface area contributed by atoms with Crippen molar-refractivity contribution >= 4 is 27.4 Å². The van der Waals surface area contributed by atoms with Crippen molar-refractivity contribution in [3.8, 4) is 0 Å². The monoisotopic (exact) mass is 316 g/mol. The van der Waals surface area contributed by atoms with Gasteiger partial charge in [-0.15, -0.1) is 0 Å². The number of carboxylic acids is 1. The molecule has 0 aromatic heterocycles. The van der Waals surface area contributed by atoms with Crippen LogP contribution < -0.4 is 0 Å². The van der Waals surface area contributed by atoms with Crippen LogP contribution in [0.25, 0.3) is 0 Å². The minimum atomic E-state index is -3.57. The van der Waals surface area contributed by atoms with E-state index < -0.39 is 21.1 Å². The third-order valence-corrected chi connectivity index (χ3v) is 6.47. The van der Waals surface area contributed by atoms with E-state index in [9.17, 15) is 13.2 Å². The van der Waals surface area contributed by atoms with Crippen LogP contribution in [0.15, 0.2) is 23.1 Å². The summed E-state index contributed by atoms with van der Waals surface area (Å²) in [5, 5.41) is 8.63. The van der Waals surface area contributed by atoms with Gasteiger partial charge in [-0.05, 0) is 31.0 Å². The van der Waals surface area contributed by atoms with Crippen molar-refractivity contribution in [2.45, 2.75) is 48.7 Å². The first-order valence-corrected chi connectivity index (χ1v) is 8.62. The number of aromatic carboxylic acids is 1. The average Bonchev–Trinajstić information content (AvgIpc) is 2.68. The Hall–Kier alpha value is -1.07. The van der Waals surface area contributed by atoms with Crippen LogP contribution in [0.3, 0.4) is 0 Å². The first kappa shape index (κ1) is 15.3. The van der Waals surface area contributed by atoms with Crippen LogP contribution >= 0.6 is 11.6 Å². The van der Waals surface area contributed by atoms with E-state index in [1.807, 2.05) is 0 Å². The van der Waals surface area contributed by atoms with Gasteiger partial charge in [0.05, 0.1) is 20.7 Å². The van der Waals surface area contributed by atoms with E-state index in [-0.39, 0.29) is 15.5 Å². The van der Waals surface area contributed by atoms with E-state index in [2.05, 4.69) is 0 Å². The fourth-order valence-electron chi connectivity index (χ4n) is 2.59. The Morgan fingerprint density at radius 3 is 2.30 bits per heavy atom. The fourth-order valence-corrected chi connectivity index (χ4v) is 4.97. The standard InChI is InChI=1S/C14H17ClO4S/c15-12-8-7-10(14(16)17)9-13(12)20(18,19)11-5-3-1-2-4-6-11/h7-9,11H,1-6H2,(H,16,17). The normalized spacial score (nSPS) is 17.6. The molecule has 0 spiro atoms. The number of carboxylic acid groups (broad SMARTS) is 1. The van der Waals surface area contributed by atoms with Crippen LogP contribution in [0.2, 0.25) is 5.02 Å². The van der Waals surface area contributed by atoms with Gasteiger partial charge in [0.25, 0.3) is 0 Å². The summed E-state index contributed by atoms with van der Waals surface area (Å²) in [6.45, 7) is 0. The summed E-state index contributed by atoms with van der Waals surface area (Å²) in [5.41, 5.74) is -0.0541.